The van der Waals surface area contributed by atoms with Gasteiger partial charge in [-0.3, -0.25) is 4.79 Å². The van der Waals surface area contributed by atoms with E-state index in [1.165, 1.54) is 16.4 Å². The van der Waals surface area contributed by atoms with Gasteiger partial charge in [0, 0.05) is 26.7 Å². The number of piperidine rings is 1. The number of sulfonamides is 1. The maximum Gasteiger partial charge on any atom is 0.243 e. The molecule has 7 heteroatoms. The van der Waals surface area contributed by atoms with Crippen LogP contribution in [-0.2, 0) is 21.4 Å². The Hall–Kier alpha value is -2.25. The van der Waals surface area contributed by atoms with E-state index in [-0.39, 0.29) is 23.3 Å². The Labute approximate surface area is 165 Å². The highest BCUT2D eigenvalue weighted by atomic mass is 32.2. The highest BCUT2D eigenvalue weighted by Gasteiger charge is 2.34. The van der Waals surface area contributed by atoms with Gasteiger partial charge in [0.15, 0.2) is 0 Å². The number of carbonyl (C=O) groups excluding carboxylic acids is 1. The molecule has 28 heavy (non-hydrogen) atoms. The molecule has 0 unspecified atom stereocenters. The minimum Gasteiger partial charge on any atom is -0.341 e. The van der Waals surface area contributed by atoms with E-state index in [9.17, 15) is 17.6 Å². The molecule has 1 aliphatic rings. The quantitative estimate of drug-likeness (QED) is 0.769. The summed E-state index contributed by atoms with van der Waals surface area (Å²) in [6.07, 6.45) is 1.28. The number of hydrogen-bond donors (Lipinski definition) is 0. The van der Waals surface area contributed by atoms with Gasteiger partial charge in [0.25, 0.3) is 0 Å². The van der Waals surface area contributed by atoms with Crippen LogP contribution >= 0.6 is 0 Å². The van der Waals surface area contributed by atoms with Gasteiger partial charge in [0.2, 0.25) is 15.9 Å². The van der Waals surface area contributed by atoms with Crippen molar-refractivity contribution in [1.29, 1.82) is 0 Å². The molecule has 0 radical (unpaired) electrons. The number of carbonyl (C=O) groups is 1. The van der Waals surface area contributed by atoms with Crippen molar-refractivity contribution in [3.8, 4) is 0 Å². The van der Waals surface area contributed by atoms with E-state index >= 15 is 0 Å². The Bertz CT molecular complexity index is 944. The van der Waals surface area contributed by atoms with Gasteiger partial charge < -0.3 is 4.90 Å². The third-order valence-electron chi connectivity index (χ3n) is 5.23. The maximum absolute atomic E-state index is 13.1. The van der Waals surface area contributed by atoms with Crippen LogP contribution in [0.25, 0.3) is 0 Å². The van der Waals surface area contributed by atoms with Gasteiger partial charge >= 0.3 is 0 Å². The van der Waals surface area contributed by atoms with E-state index in [1.54, 1.807) is 11.9 Å². The summed E-state index contributed by atoms with van der Waals surface area (Å²) in [7, 11) is -1.99. The van der Waals surface area contributed by atoms with Crippen molar-refractivity contribution in [2.24, 2.45) is 5.92 Å². The minimum atomic E-state index is -3.74. The molecule has 1 amide bonds. The molecule has 1 fully saturated rings. The van der Waals surface area contributed by atoms with Crippen LogP contribution in [0.15, 0.2) is 53.4 Å². The fourth-order valence-electron chi connectivity index (χ4n) is 3.55. The van der Waals surface area contributed by atoms with Gasteiger partial charge in [0.05, 0.1) is 10.8 Å². The van der Waals surface area contributed by atoms with Crippen LogP contribution in [-0.4, -0.2) is 43.7 Å². The van der Waals surface area contributed by atoms with E-state index in [2.05, 4.69) is 0 Å². The Kier molecular flexibility index (Phi) is 6.15. The van der Waals surface area contributed by atoms with E-state index in [0.29, 0.717) is 25.9 Å². The summed E-state index contributed by atoms with van der Waals surface area (Å²) in [5.74, 6) is -0.913. The Morgan fingerprint density at radius 1 is 1.18 bits per heavy atom. The molecule has 0 aliphatic carbocycles. The van der Waals surface area contributed by atoms with E-state index in [1.807, 2.05) is 31.2 Å². The van der Waals surface area contributed by atoms with Gasteiger partial charge in [-0.05, 0) is 55.2 Å². The number of halogens is 1. The van der Waals surface area contributed by atoms with E-state index in [4.69, 9.17) is 0 Å². The van der Waals surface area contributed by atoms with Crippen LogP contribution in [0.5, 0.6) is 0 Å². The molecule has 0 aromatic heterocycles. The highest BCUT2D eigenvalue weighted by molar-refractivity contribution is 7.89. The molecule has 1 heterocycles. The predicted octanol–water partition coefficient (Wildman–Crippen LogP) is 3.19. The third kappa shape index (κ3) is 4.42. The lowest BCUT2D eigenvalue weighted by Crippen LogP contribution is -2.45. The van der Waals surface area contributed by atoms with Gasteiger partial charge in [-0.25, -0.2) is 12.8 Å². The number of nitrogens with zero attached hydrogens (tertiary/aromatic N) is 2. The van der Waals surface area contributed by atoms with Crippen molar-refractivity contribution in [1.82, 2.24) is 9.21 Å². The Morgan fingerprint density at radius 3 is 2.54 bits per heavy atom. The van der Waals surface area contributed by atoms with Crippen molar-refractivity contribution in [3.05, 3.63) is 65.5 Å². The number of amides is 1. The molecule has 3 rings (SSSR count). The summed E-state index contributed by atoms with van der Waals surface area (Å²) in [5, 5.41) is 0. The SMILES string of the molecule is Cc1ccccc1CN(C)C(=O)[C@@H]1CCCN(S(=O)(=O)c2ccc(F)cc2)C1. The first-order valence-corrected chi connectivity index (χ1v) is 10.8. The number of hydrogen-bond acceptors (Lipinski definition) is 3. The summed E-state index contributed by atoms with van der Waals surface area (Å²) in [4.78, 5) is 14.6. The molecule has 0 saturated carbocycles. The van der Waals surface area contributed by atoms with Crippen molar-refractivity contribution < 1.29 is 17.6 Å². The van der Waals surface area contributed by atoms with Crippen LogP contribution in [0.1, 0.15) is 24.0 Å². The molecule has 1 saturated heterocycles. The second-order valence-corrected chi connectivity index (χ2v) is 9.21. The first kappa shape index (κ1) is 20.5. The second kappa shape index (κ2) is 8.41. The Morgan fingerprint density at radius 2 is 1.86 bits per heavy atom. The number of rotatable bonds is 5. The largest absolute Gasteiger partial charge is 0.341 e. The van der Waals surface area contributed by atoms with Crippen LogP contribution in [0.3, 0.4) is 0 Å². The Balaban J connectivity index is 1.71. The molecule has 2 aromatic carbocycles. The van der Waals surface area contributed by atoms with Crippen LogP contribution in [0, 0.1) is 18.7 Å². The zero-order valence-electron chi connectivity index (χ0n) is 16.1. The molecular formula is C21H25FN2O3S. The summed E-state index contributed by atoms with van der Waals surface area (Å²) in [6, 6.07) is 12.7. The molecular weight excluding hydrogens is 379 g/mol. The first-order valence-electron chi connectivity index (χ1n) is 9.34. The van der Waals surface area contributed by atoms with Crippen LogP contribution in [0.2, 0.25) is 0 Å². The van der Waals surface area contributed by atoms with Crippen LogP contribution < -0.4 is 0 Å². The third-order valence-corrected chi connectivity index (χ3v) is 7.11. The fraction of sp³-hybridized carbons (Fsp3) is 0.381. The molecule has 5 nitrogen and oxygen atoms in total. The van der Waals surface area contributed by atoms with Gasteiger partial charge in [-0.15, -0.1) is 0 Å². The van der Waals surface area contributed by atoms with E-state index in [0.717, 1.165) is 23.3 Å². The summed E-state index contributed by atoms with van der Waals surface area (Å²) in [5.41, 5.74) is 2.19. The monoisotopic (exact) mass is 404 g/mol. The average molecular weight is 405 g/mol. The van der Waals surface area contributed by atoms with Crippen molar-refractivity contribution in [2.75, 3.05) is 20.1 Å². The lowest BCUT2D eigenvalue weighted by molar-refractivity contribution is -0.135. The topological polar surface area (TPSA) is 57.7 Å². The first-order chi connectivity index (χ1) is 13.3. The lowest BCUT2D eigenvalue weighted by atomic mass is 9.98. The van der Waals surface area contributed by atoms with Crippen LogP contribution in [0.4, 0.5) is 4.39 Å². The molecule has 150 valence electrons. The molecule has 0 spiro atoms. The smallest absolute Gasteiger partial charge is 0.243 e. The minimum absolute atomic E-state index is 0.0512. The normalized spacial score (nSPS) is 18.0. The molecule has 0 bridgehead atoms. The molecule has 1 atom stereocenters. The van der Waals surface area contributed by atoms with Crippen molar-refractivity contribution >= 4 is 15.9 Å². The van der Waals surface area contributed by atoms with Crippen molar-refractivity contribution in [2.45, 2.75) is 31.2 Å². The number of benzene rings is 2. The zero-order chi connectivity index (χ0) is 20.3. The average Bonchev–Trinajstić information content (AvgIpc) is 2.69. The summed E-state index contributed by atoms with van der Waals surface area (Å²) in [6.45, 7) is 3.01. The molecule has 0 N–H and O–H groups in total. The van der Waals surface area contributed by atoms with Gasteiger partial charge in [0.1, 0.15) is 5.82 Å². The van der Waals surface area contributed by atoms with Gasteiger partial charge in [-0.2, -0.15) is 4.31 Å². The number of aryl methyl sites for hydroxylation is 1. The molecule has 1 aliphatic heterocycles. The highest BCUT2D eigenvalue weighted by Crippen LogP contribution is 2.25. The van der Waals surface area contributed by atoms with Gasteiger partial charge in [-0.1, -0.05) is 24.3 Å². The summed E-state index contributed by atoms with van der Waals surface area (Å²) < 4.78 is 40.2. The fourth-order valence-corrected chi connectivity index (χ4v) is 5.07. The second-order valence-electron chi connectivity index (χ2n) is 7.28. The summed E-state index contributed by atoms with van der Waals surface area (Å²) >= 11 is 0. The van der Waals surface area contributed by atoms with Crippen molar-refractivity contribution in [3.63, 3.8) is 0 Å². The van der Waals surface area contributed by atoms with E-state index < -0.39 is 15.8 Å². The standard InChI is InChI=1S/C21H25FN2O3S/c1-16-6-3-4-7-17(16)14-23(2)21(25)18-8-5-13-24(15-18)28(26,27)20-11-9-19(22)10-12-20/h3-4,6-7,9-12,18H,5,8,13-15H2,1-2H3/t18-/m1/s1. The predicted molar refractivity (Wildman–Crippen MR) is 106 cm³/mol. The molecule has 2 aromatic rings. The lowest BCUT2D eigenvalue weighted by Gasteiger charge is -2.33. The maximum atomic E-state index is 13.1. The zero-order valence-corrected chi connectivity index (χ0v) is 17.0.